The van der Waals surface area contributed by atoms with Crippen molar-refractivity contribution in [1.29, 1.82) is 0 Å². The molecular weight excluding hydrogens is 300 g/mol. The summed E-state index contributed by atoms with van der Waals surface area (Å²) in [4.78, 5) is 14.9. The van der Waals surface area contributed by atoms with Crippen LogP contribution < -0.4 is 10.2 Å². The van der Waals surface area contributed by atoms with Crippen molar-refractivity contribution in [2.24, 2.45) is 0 Å². The molecule has 1 aromatic heterocycles. The molecular formula is C19H22N4O. The predicted octanol–water partition coefficient (Wildman–Crippen LogP) is 2.36. The van der Waals surface area contributed by atoms with E-state index in [1.54, 1.807) is 6.20 Å². The molecule has 5 heteroatoms. The molecule has 1 unspecified atom stereocenters. The van der Waals surface area contributed by atoms with Crippen molar-refractivity contribution in [2.45, 2.75) is 38.1 Å². The van der Waals surface area contributed by atoms with Gasteiger partial charge in [-0.1, -0.05) is 12.1 Å². The van der Waals surface area contributed by atoms with E-state index in [9.17, 15) is 4.79 Å². The molecule has 0 radical (unpaired) electrons. The largest absolute Gasteiger partial charge is 0.350 e. The molecule has 1 N–H and O–H groups in total. The summed E-state index contributed by atoms with van der Waals surface area (Å²) in [6.07, 6.45) is 7.16. The van der Waals surface area contributed by atoms with E-state index in [2.05, 4.69) is 26.5 Å². The fourth-order valence-electron chi connectivity index (χ4n) is 3.93. The zero-order chi connectivity index (χ0) is 16.4. The number of hydrogen-bond donors (Lipinski definition) is 1. The fourth-order valence-corrected chi connectivity index (χ4v) is 3.93. The van der Waals surface area contributed by atoms with E-state index in [1.165, 1.54) is 11.1 Å². The molecule has 24 heavy (non-hydrogen) atoms. The highest BCUT2D eigenvalue weighted by atomic mass is 16.1. The highest BCUT2D eigenvalue weighted by molar-refractivity contribution is 5.96. The van der Waals surface area contributed by atoms with Gasteiger partial charge in [-0.15, -0.1) is 5.10 Å². The molecule has 0 spiro atoms. The van der Waals surface area contributed by atoms with Crippen LogP contribution in [0.1, 0.15) is 40.7 Å². The molecule has 1 fully saturated rings. The lowest BCUT2D eigenvalue weighted by Crippen LogP contribution is -2.40. The molecule has 1 amide bonds. The van der Waals surface area contributed by atoms with Gasteiger partial charge >= 0.3 is 0 Å². The lowest BCUT2D eigenvalue weighted by atomic mass is 10.0. The van der Waals surface area contributed by atoms with Crippen molar-refractivity contribution in [1.82, 2.24) is 15.5 Å². The monoisotopic (exact) mass is 322 g/mol. The van der Waals surface area contributed by atoms with Crippen LogP contribution in [0, 0.1) is 0 Å². The van der Waals surface area contributed by atoms with Crippen LogP contribution in [-0.4, -0.2) is 35.2 Å². The van der Waals surface area contributed by atoms with Gasteiger partial charge in [0.05, 0.1) is 0 Å². The van der Waals surface area contributed by atoms with Crippen molar-refractivity contribution < 1.29 is 4.79 Å². The van der Waals surface area contributed by atoms with Crippen LogP contribution in [0.3, 0.4) is 0 Å². The zero-order valence-electron chi connectivity index (χ0n) is 13.7. The van der Waals surface area contributed by atoms with Crippen molar-refractivity contribution in [3.8, 4) is 0 Å². The average Bonchev–Trinajstić information content (AvgIpc) is 3.29. The Hall–Kier alpha value is -2.43. The third-order valence-corrected chi connectivity index (χ3v) is 5.12. The first-order valence-corrected chi connectivity index (χ1v) is 8.76. The first-order valence-electron chi connectivity index (χ1n) is 8.76. The third kappa shape index (κ3) is 2.86. The first-order chi connectivity index (χ1) is 11.8. The number of nitrogens with zero attached hydrogens (tertiary/aromatic N) is 3. The number of rotatable bonds is 4. The van der Waals surface area contributed by atoms with Crippen molar-refractivity contribution in [3.05, 3.63) is 53.2 Å². The summed E-state index contributed by atoms with van der Waals surface area (Å²) in [5.74, 6) is 0.953. The number of nitrogens with one attached hydrogen (secondary N) is 1. The number of benzene rings is 1. The number of aryl methyl sites for hydroxylation is 1. The Bertz CT molecular complexity index is 731. The standard InChI is InChI=1S/C19H22N4O/c24-19(17-9-2-6-14-5-1-8-16(14)17)20-13-15-7-4-12-23(15)18-10-3-11-21-22-18/h2-3,6,9-11,15H,1,4-5,7-8,12-13H2,(H,20,24). The van der Waals surface area contributed by atoms with Gasteiger partial charge in [-0.25, -0.2) is 0 Å². The van der Waals surface area contributed by atoms with Crippen molar-refractivity contribution in [3.63, 3.8) is 0 Å². The van der Waals surface area contributed by atoms with E-state index in [0.29, 0.717) is 12.6 Å². The number of carbonyl (C=O) groups excluding carboxylic acids is 1. The second-order valence-corrected chi connectivity index (χ2v) is 6.58. The molecule has 5 nitrogen and oxygen atoms in total. The maximum Gasteiger partial charge on any atom is 0.251 e. The maximum atomic E-state index is 12.6. The van der Waals surface area contributed by atoms with E-state index in [-0.39, 0.29) is 5.91 Å². The molecule has 124 valence electrons. The number of anilines is 1. The van der Waals surface area contributed by atoms with E-state index < -0.39 is 0 Å². The zero-order valence-corrected chi connectivity index (χ0v) is 13.7. The van der Waals surface area contributed by atoms with Crippen LogP contribution in [0.2, 0.25) is 0 Å². The Morgan fingerprint density at radius 1 is 1.21 bits per heavy atom. The number of hydrogen-bond acceptors (Lipinski definition) is 4. The number of aromatic nitrogens is 2. The Labute approximate surface area is 142 Å². The Morgan fingerprint density at radius 2 is 2.17 bits per heavy atom. The van der Waals surface area contributed by atoms with Gasteiger partial charge in [0.25, 0.3) is 5.91 Å². The minimum Gasteiger partial charge on any atom is -0.350 e. The van der Waals surface area contributed by atoms with Gasteiger partial charge in [0.1, 0.15) is 0 Å². The molecule has 1 saturated heterocycles. The second kappa shape index (κ2) is 6.59. The van der Waals surface area contributed by atoms with Crippen LogP contribution in [0.25, 0.3) is 0 Å². The van der Waals surface area contributed by atoms with Crippen molar-refractivity contribution >= 4 is 11.7 Å². The van der Waals surface area contributed by atoms with Gasteiger partial charge in [0.15, 0.2) is 5.82 Å². The van der Waals surface area contributed by atoms with Crippen molar-refractivity contribution in [2.75, 3.05) is 18.0 Å². The predicted molar refractivity (Wildman–Crippen MR) is 93.2 cm³/mol. The molecule has 1 aliphatic carbocycles. The smallest absolute Gasteiger partial charge is 0.251 e. The summed E-state index contributed by atoms with van der Waals surface area (Å²) in [5, 5.41) is 11.3. The molecule has 1 aromatic carbocycles. The van der Waals surface area contributed by atoms with Gasteiger partial charge < -0.3 is 10.2 Å². The molecule has 2 aliphatic rings. The summed E-state index contributed by atoms with van der Waals surface area (Å²) in [5.41, 5.74) is 3.44. The molecule has 1 aliphatic heterocycles. The molecule has 1 atom stereocenters. The quantitative estimate of drug-likeness (QED) is 0.939. The van der Waals surface area contributed by atoms with Gasteiger partial charge in [-0.3, -0.25) is 4.79 Å². The Balaban J connectivity index is 1.43. The van der Waals surface area contributed by atoms with E-state index in [0.717, 1.165) is 50.0 Å². The lowest BCUT2D eigenvalue weighted by Gasteiger charge is -2.25. The van der Waals surface area contributed by atoms with Gasteiger partial charge in [-0.05, 0) is 61.4 Å². The van der Waals surface area contributed by atoms with Crippen LogP contribution in [-0.2, 0) is 12.8 Å². The second-order valence-electron chi connectivity index (χ2n) is 6.58. The topological polar surface area (TPSA) is 58.1 Å². The Kier molecular flexibility index (Phi) is 4.15. The highest BCUT2D eigenvalue weighted by Crippen LogP contribution is 2.26. The van der Waals surface area contributed by atoms with E-state index in [1.807, 2.05) is 24.3 Å². The summed E-state index contributed by atoms with van der Waals surface area (Å²) in [6.45, 7) is 1.62. The SMILES string of the molecule is O=C(NCC1CCCN1c1cccnn1)c1cccc2c1CCC2. The third-order valence-electron chi connectivity index (χ3n) is 5.12. The summed E-state index contributed by atoms with van der Waals surface area (Å²) < 4.78 is 0. The molecule has 0 bridgehead atoms. The highest BCUT2D eigenvalue weighted by Gasteiger charge is 2.27. The normalized spacial score (nSPS) is 19.3. The fraction of sp³-hybridized carbons (Fsp3) is 0.421. The molecule has 2 heterocycles. The van der Waals surface area contributed by atoms with E-state index >= 15 is 0 Å². The summed E-state index contributed by atoms with van der Waals surface area (Å²) >= 11 is 0. The number of fused-ring (bicyclic) bond motifs is 1. The lowest BCUT2D eigenvalue weighted by molar-refractivity contribution is 0.0950. The summed E-state index contributed by atoms with van der Waals surface area (Å²) in [6, 6.07) is 10.3. The van der Waals surface area contributed by atoms with Gasteiger partial charge in [-0.2, -0.15) is 5.10 Å². The minimum atomic E-state index is 0.0553. The van der Waals surface area contributed by atoms with Gasteiger partial charge in [0.2, 0.25) is 0 Å². The van der Waals surface area contributed by atoms with Crippen LogP contribution in [0.5, 0.6) is 0 Å². The van der Waals surface area contributed by atoms with Crippen LogP contribution in [0.4, 0.5) is 5.82 Å². The number of carbonyl (C=O) groups is 1. The first kappa shape index (κ1) is 15.1. The molecule has 0 saturated carbocycles. The number of amides is 1. The molecule has 2 aromatic rings. The Morgan fingerprint density at radius 3 is 3.04 bits per heavy atom. The van der Waals surface area contributed by atoms with Crippen LogP contribution >= 0.6 is 0 Å². The minimum absolute atomic E-state index is 0.0553. The van der Waals surface area contributed by atoms with Gasteiger partial charge in [0, 0.05) is 30.9 Å². The maximum absolute atomic E-state index is 12.6. The molecule has 4 rings (SSSR count). The van der Waals surface area contributed by atoms with E-state index in [4.69, 9.17) is 0 Å². The summed E-state index contributed by atoms with van der Waals surface area (Å²) in [7, 11) is 0. The van der Waals surface area contributed by atoms with Crippen LogP contribution in [0.15, 0.2) is 36.5 Å². The average molecular weight is 322 g/mol.